The number of nitrogens with zero attached hydrogens (tertiary/aromatic N) is 4. The summed E-state index contributed by atoms with van der Waals surface area (Å²) in [6.07, 6.45) is 0.927. The molecule has 13 rings (SSSR count). The van der Waals surface area contributed by atoms with Gasteiger partial charge in [-0.3, -0.25) is 0 Å². The highest BCUT2D eigenvalue weighted by Crippen LogP contribution is 2.69. The highest BCUT2D eigenvalue weighted by Gasteiger charge is 2.66. The molecular formula is C112H133N4O12+. The zero-order valence-corrected chi connectivity index (χ0v) is 77.7. The van der Waals surface area contributed by atoms with Crippen molar-refractivity contribution in [2.24, 2.45) is 0 Å². The normalized spacial score (nSPS) is 14.6. The first-order chi connectivity index (χ1) is 61.9. The highest BCUT2D eigenvalue weighted by atomic mass is 16.5. The van der Waals surface area contributed by atoms with Crippen LogP contribution in [0.4, 0.5) is 0 Å². The zero-order valence-electron chi connectivity index (χ0n) is 77.7. The molecule has 0 bridgehead atoms. The van der Waals surface area contributed by atoms with E-state index in [2.05, 4.69) is 214 Å². The Kier molecular flexibility index (Phi) is 36.4. The van der Waals surface area contributed by atoms with Gasteiger partial charge < -0.3 is 78.2 Å². The van der Waals surface area contributed by atoms with Gasteiger partial charge in [-0.25, -0.2) is 0 Å². The molecule has 1 aliphatic rings. The highest BCUT2D eigenvalue weighted by molar-refractivity contribution is 6.00. The monoisotopic (exact) mass is 1730 g/mol. The number of allylic oxidation sites excluding steroid dienone is 3. The van der Waals surface area contributed by atoms with Crippen LogP contribution in [0.2, 0.25) is 0 Å². The van der Waals surface area contributed by atoms with Crippen molar-refractivity contribution in [3.63, 3.8) is 0 Å². The summed E-state index contributed by atoms with van der Waals surface area (Å²) >= 11 is 0. The molecule has 672 valence electrons. The van der Waals surface area contributed by atoms with Gasteiger partial charge >= 0.3 is 0 Å². The predicted molar refractivity (Wildman–Crippen MR) is 525 cm³/mol. The van der Waals surface area contributed by atoms with E-state index in [1.807, 2.05) is 140 Å². The van der Waals surface area contributed by atoms with Gasteiger partial charge in [-0.2, -0.15) is 0 Å². The fourth-order valence-electron chi connectivity index (χ4n) is 16.5. The summed E-state index contributed by atoms with van der Waals surface area (Å²) in [5, 5.41) is 60.5. The summed E-state index contributed by atoms with van der Waals surface area (Å²) in [6.45, 7) is 40.7. The van der Waals surface area contributed by atoms with Crippen LogP contribution in [-0.4, -0.2) is 176 Å². The van der Waals surface area contributed by atoms with Crippen LogP contribution in [0.1, 0.15) is 156 Å². The Morgan fingerprint density at radius 1 is 0.305 bits per heavy atom. The first kappa shape index (κ1) is 97.5. The molecule has 0 aromatic heterocycles. The molecule has 0 heterocycles. The molecule has 0 spiro atoms. The van der Waals surface area contributed by atoms with Crippen LogP contribution in [0.25, 0.3) is 33.4 Å². The van der Waals surface area contributed by atoms with E-state index in [1.165, 1.54) is 17.2 Å². The first-order valence-electron chi connectivity index (χ1n) is 45.0. The van der Waals surface area contributed by atoms with Gasteiger partial charge in [-0.15, -0.1) is 0 Å². The summed E-state index contributed by atoms with van der Waals surface area (Å²) in [7, 11) is 5.37. The second-order valence-corrected chi connectivity index (χ2v) is 32.6. The second-order valence-electron chi connectivity index (χ2n) is 32.6. The van der Waals surface area contributed by atoms with E-state index in [0.29, 0.717) is 37.9 Å². The molecule has 2 atom stereocenters. The number of aromatic hydroxyl groups is 6. The number of rotatable bonds is 38. The van der Waals surface area contributed by atoms with Crippen molar-refractivity contribution in [2.75, 3.05) is 126 Å². The molecule has 2 unspecified atom stereocenters. The number of phenols is 6. The van der Waals surface area contributed by atoms with Crippen molar-refractivity contribution in [2.45, 2.75) is 100 Å². The van der Waals surface area contributed by atoms with Crippen molar-refractivity contribution in [3.8, 4) is 69.0 Å². The molecule has 128 heavy (non-hydrogen) atoms. The lowest BCUT2D eigenvalue weighted by Gasteiger charge is -2.31. The number of phenolic OH excluding ortho intramolecular Hbond substituents is 6. The van der Waals surface area contributed by atoms with E-state index in [0.717, 1.165) is 202 Å². The molecule has 0 radical (unpaired) electrons. The molecule has 16 nitrogen and oxygen atoms in total. The molecule has 0 amide bonds. The lowest BCUT2D eigenvalue weighted by atomic mass is 9.78. The Morgan fingerprint density at radius 2 is 0.617 bits per heavy atom. The van der Waals surface area contributed by atoms with Gasteiger partial charge in [0, 0.05) is 30.5 Å². The SMILES string of the molecule is CCN(CC)CCOc1ccc(/C(=C(/C)c2ccccc2)c2ccc(O)c(OC)c2)cc1.CCN(CC)CCOc1ccc(/C(=C(/C)c2ccccc2)c2ccc(OC)c(O)c2)cc1.CCN(CC)CCOc1ccc(C2(c3ccc(O)c(O)c3)CC2(C)c2ccccc2)cc1.CC[N+](C)(CC)CCOc1ccc(/C(=C(/C)c2ccccc2)c2ccc(O)c(O)c2)cc1. The molecule has 12 aromatic rings. The van der Waals surface area contributed by atoms with Crippen molar-refractivity contribution in [3.05, 3.63) is 358 Å². The summed E-state index contributed by atoms with van der Waals surface area (Å²) in [4.78, 5) is 7.03. The lowest BCUT2D eigenvalue weighted by molar-refractivity contribution is -0.906. The van der Waals surface area contributed by atoms with Crippen LogP contribution in [0.15, 0.2) is 291 Å². The average Bonchev–Trinajstić information content (AvgIpc) is 1.50. The minimum absolute atomic E-state index is 0.0828. The van der Waals surface area contributed by atoms with Gasteiger partial charge in [-0.1, -0.05) is 243 Å². The third kappa shape index (κ3) is 25.4. The molecule has 1 fully saturated rings. The molecule has 6 N–H and O–H groups in total. The van der Waals surface area contributed by atoms with Gasteiger partial charge in [0.2, 0.25) is 0 Å². The summed E-state index contributed by atoms with van der Waals surface area (Å²) < 4.78 is 35.5. The van der Waals surface area contributed by atoms with E-state index in [9.17, 15) is 30.6 Å². The minimum Gasteiger partial charge on any atom is -0.504 e. The molecule has 1 saturated carbocycles. The fourth-order valence-corrected chi connectivity index (χ4v) is 16.5. The van der Waals surface area contributed by atoms with Crippen molar-refractivity contribution < 1.29 is 63.5 Å². The van der Waals surface area contributed by atoms with Crippen molar-refractivity contribution in [1.29, 1.82) is 0 Å². The molecular weight excluding hydrogens is 1590 g/mol. The van der Waals surface area contributed by atoms with Gasteiger partial charge in [0.25, 0.3) is 0 Å². The number of hydrogen-bond acceptors (Lipinski definition) is 15. The number of hydrogen-bond donors (Lipinski definition) is 6. The minimum atomic E-state index is -0.278. The number of likely N-dealkylation sites (N-methyl/N-ethyl adjacent to an activating group) is 4. The zero-order chi connectivity index (χ0) is 91.8. The van der Waals surface area contributed by atoms with E-state index < -0.39 is 0 Å². The van der Waals surface area contributed by atoms with E-state index in [4.69, 9.17) is 28.4 Å². The summed E-state index contributed by atoms with van der Waals surface area (Å²) in [5.41, 5.74) is 18.9. The van der Waals surface area contributed by atoms with Gasteiger partial charge in [0.1, 0.15) is 56.0 Å². The van der Waals surface area contributed by atoms with Crippen LogP contribution in [0.5, 0.6) is 69.0 Å². The number of ether oxygens (including phenoxy) is 6. The maximum Gasteiger partial charge on any atom is 0.161 e. The van der Waals surface area contributed by atoms with Crippen molar-refractivity contribution in [1.82, 2.24) is 14.7 Å². The van der Waals surface area contributed by atoms with E-state index in [1.54, 1.807) is 50.6 Å². The van der Waals surface area contributed by atoms with Gasteiger partial charge in [-0.05, 0) is 278 Å². The standard InChI is InChI=1S/4C28H33NO3/c1-4-29(5-2)17-18-32-24-14-11-22(12-15-24)28(23-13-16-25(30)26(31)19-23)20-27(28,3)21-9-7-6-8-10-21;1-5-29(6-2)18-19-32-25-15-12-23(13-16-25)28(21(3)22-10-8-7-9-11-22)24-14-17-27(31-4)26(30)20-24;1-5-29(6-2)18-19-32-25-15-12-23(13-16-25)28(21(3)22-10-8-7-9-11-22)24-14-17-26(30)27(20-24)31-4;1-5-29(4,6-2)18-19-32-25-15-12-23(13-16-25)28(21(3)22-10-8-7-9-11-22)24-14-17-26(30)27(31)20-24/h6-16,19,30-31H,4-5,17-18,20H2,1-3H3;2*7-17,20,30H,5-6,18-19H2,1-4H3;7-17,20H,5-6,18-19H2,1-4H3,(H-,30,31)/p+1/b;3*28-21+. The molecule has 0 aliphatic heterocycles. The Bertz CT molecular complexity index is 5520. The number of quaternary nitrogens is 1. The van der Waals surface area contributed by atoms with Crippen LogP contribution < -0.4 is 28.4 Å². The first-order valence-corrected chi connectivity index (χ1v) is 45.0. The average molecular weight is 1730 g/mol. The second kappa shape index (κ2) is 47.7. The maximum atomic E-state index is 10.4. The van der Waals surface area contributed by atoms with Gasteiger partial charge in [0.15, 0.2) is 46.0 Å². The summed E-state index contributed by atoms with van der Waals surface area (Å²) in [6, 6.07) is 95.4. The third-order valence-corrected chi connectivity index (χ3v) is 25.2. The van der Waals surface area contributed by atoms with Gasteiger partial charge in [0.05, 0.1) is 34.4 Å². The van der Waals surface area contributed by atoms with E-state index >= 15 is 0 Å². The maximum absolute atomic E-state index is 10.4. The molecule has 1 aliphatic carbocycles. The summed E-state index contributed by atoms with van der Waals surface area (Å²) in [5.74, 6) is 4.17. The topological polar surface area (TPSA) is 186 Å². The Hall–Kier alpha value is -12.7. The lowest BCUT2D eigenvalue weighted by Crippen LogP contribution is -2.46. The quantitative estimate of drug-likeness (QED) is 0.0122. The van der Waals surface area contributed by atoms with Crippen LogP contribution >= 0.6 is 0 Å². The Labute approximate surface area is 760 Å². The smallest absolute Gasteiger partial charge is 0.161 e. The molecule has 0 saturated heterocycles. The number of benzene rings is 12. The van der Waals surface area contributed by atoms with E-state index in [-0.39, 0.29) is 45.3 Å². The predicted octanol–water partition coefficient (Wildman–Crippen LogP) is 23.6. The molecule has 12 aromatic carbocycles. The van der Waals surface area contributed by atoms with Crippen LogP contribution in [0.3, 0.4) is 0 Å². The molecule has 16 heteroatoms. The van der Waals surface area contributed by atoms with Crippen LogP contribution in [0, 0.1) is 0 Å². The number of methoxy groups -OCH3 is 2. The van der Waals surface area contributed by atoms with Crippen molar-refractivity contribution >= 4 is 33.4 Å². The fraction of sp³-hybridized carbons (Fsp3) is 0.304. The van der Waals surface area contributed by atoms with Crippen LogP contribution in [-0.2, 0) is 10.8 Å². The third-order valence-electron chi connectivity index (χ3n) is 25.2. The Morgan fingerprint density at radius 3 is 0.969 bits per heavy atom. The Balaban J connectivity index is 0.000000178. The largest absolute Gasteiger partial charge is 0.504 e.